The third-order valence-electron chi connectivity index (χ3n) is 3.28. The summed E-state index contributed by atoms with van der Waals surface area (Å²) in [6, 6.07) is 4.80. The summed E-state index contributed by atoms with van der Waals surface area (Å²) in [6.45, 7) is 4.38. The van der Waals surface area contributed by atoms with Crippen molar-refractivity contribution in [2.75, 3.05) is 0 Å². The molecule has 82 valence electrons. The first-order valence-electron chi connectivity index (χ1n) is 5.65. The first-order valence-corrected chi connectivity index (χ1v) is 5.65. The number of ether oxygens (including phenoxy) is 1. The molecule has 0 amide bonds. The highest BCUT2D eigenvalue weighted by atomic mass is 19.1. The molecule has 2 atom stereocenters. The van der Waals surface area contributed by atoms with E-state index in [-0.39, 0.29) is 5.82 Å². The molecule has 2 rings (SSSR count). The molecule has 1 nitrogen and oxygen atoms in total. The Bertz CT molecular complexity index is 348. The number of halogens is 1. The van der Waals surface area contributed by atoms with Gasteiger partial charge in [-0.15, -0.1) is 0 Å². The van der Waals surface area contributed by atoms with Crippen molar-refractivity contribution >= 4 is 0 Å². The minimum absolute atomic E-state index is 0.167. The highest BCUT2D eigenvalue weighted by Gasteiger charge is 2.23. The molecule has 15 heavy (non-hydrogen) atoms. The van der Waals surface area contributed by atoms with Crippen molar-refractivity contribution in [1.82, 2.24) is 0 Å². The number of rotatable bonds is 2. The zero-order chi connectivity index (χ0) is 10.8. The molecule has 1 aliphatic rings. The van der Waals surface area contributed by atoms with Gasteiger partial charge in [-0.25, -0.2) is 4.39 Å². The molecule has 2 unspecified atom stereocenters. The molecule has 2 heteroatoms. The van der Waals surface area contributed by atoms with Crippen LogP contribution in [0.3, 0.4) is 0 Å². The summed E-state index contributed by atoms with van der Waals surface area (Å²) in [4.78, 5) is 0. The molecule has 1 aromatic rings. The second kappa shape index (κ2) is 4.21. The smallest absolute Gasteiger partial charge is 0.123 e. The summed E-state index contributed by atoms with van der Waals surface area (Å²) in [7, 11) is 0. The number of hydrogen-bond acceptors (Lipinski definition) is 1. The Morgan fingerprint density at radius 1 is 1.53 bits per heavy atom. The second-order valence-electron chi connectivity index (χ2n) is 4.33. The Hall–Kier alpha value is -1.05. The summed E-state index contributed by atoms with van der Waals surface area (Å²) >= 11 is 0. The van der Waals surface area contributed by atoms with E-state index in [0.29, 0.717) is 12.0 Å². The van der Waals surface area contributed by atoms with Gasteiger partial charge in [0, 0.05) is 0 Å². The molecular formula is C13H17FO. The molecule has 0 aliphatic carbocycles. The van der Waals surface area contributed by atoms with E-state index in [4.69, 9.17) is 4.74 Å². The summed E-state index contributed by atoms with van der Waals surface area (Å²) in [5.41, 5.74) is 1.01. The maximum atomic E-state index is 13.0. The van der Waals surface area contributed by atoms with Gasteiger partial charge >= 0.3 is 0 Å². The van der Waals surface area contributed by atoms with Crippen LogP contribution in [0.5, 0.6) is 5.75 Å². The zero-order valence-corrected chi connectivity index (χ0v) is 9.29. The predicted octanol–water partition coefficient (Wildman–Crippen LogP) is 3.57. The van der Waals surface area contributed by atoms with Crippen LogP contribution in [0.15, 0.2) is 18.2 Å². The lowest BCUT2D eigenvalue weighted by Gasteiger charge is -2.29. The Kier molecular flexibility index (Phi) is 2.94. The summed E-state index contributed by atoms with van der Waals surface area (Å²) < 4.78 is 18.8. The van der Waals surface area contributed by atoms with Crippen LogP contribution >= 0.6 is 0 Å². The van der Waals surface area contributed by atoms with Gasteiger partial charge in [0.05, 0.1) is 0 Å². The van der Waals surface area contributed by atoms with Crippen molar-refractivity contribution in [2.45, 2.75) is 39.2 Å². The van der Waals surface area contributed by atoms with Gasteiger partial charge < -0.3 is 4.74 Å². The van der Waals surface area contributed by atoms with Crippen molar-refractivity contribution in [1.29, 1.82) is 0 Å². The minimum atomic E-state index is -0.167. The predicted molar refractivity (Wildman–Crippen MR) is 58.6 cm³/mol. The fourth-order valence-corrected chi connectivity index (χ4v) is 2.04. The number of hydrogen-bond donors (Lipinski definition) is 0. The Morgan fingerprint density at radius 2 is 2.33 bits per heavy atom. The number of aryl methyl sites for hydroxylation is 1. The summed E-state index contributed by atoms with van der Waals surface area (Å²) in [6.07, 6.45) is 3.36. The quantitative estimate of drug-likeness (QED) is 0.722. The van der Waals surface area contributed by atoms with E-state index in [1.165, 1.54) is 6.07 Å². The highest BCUT2D eigenvalue weighted by Crippen LogP contribution is 2.31. The van der Waals surface area contributed by atoms with Gasteiger partial charge in [0.25, 0.3) is 0 Å². The lowest BCUT2D eigenvalue weighted by molar-refractivity contribution is 0.116. The third-order valence-corrected chi connectivity index (χ3v) is 3.28. The molecule has 1 aromatic carbocycles. The van der Waals surface area contributed by atoms with Gasteiger partial charge in [0.2, 0.25) is 0 Å². The molecule has 0 saturated heterocycles. The van der Waals surface area contributed by atoms with Crippen LogP contribution < -0.4 is 4.74 Å². The van der Waals surface area contributed by atoms with E-state index in [2.05, 4.69) is 13.8 Å². The summed E-state index contributed by atoms with van der Waals surface area (Å²) in [5, 5.41) is 0. The van der Waals surface area contributed by atoms with E-state index >= 15 is 0 Å². The van der Waals surface area contributed by atoms with E-state index in [1.54, 1.807) is 12.1 Å². The monoisotopic (exact) mass is 208 g/mol. The fourth-order valence-electron chi connectivity index (χ4n) is 2.04. The van der Waals surface area contributed by atoms with Crippen molar-refractivity contribution in [3.63, 3.8) is 0 Å². The molecule has 0 radical (unpaired) electrons. The Balaban J connectivity index is 2.16. The average Bonchev–Trinajstić information content (AvgIpc) is 2.27. The maximum absolute atomic E-state index is 13.0. The molecule has 1 aliphatic heterocycles. The number of fused-ring (bicyclic) bond motifs is 1. The first kappa shape index (κ1) is 10.5. The van der Waals surface area contributed by atoms with Gasteiger partial charge in [0.15, 0.2) is 0 Å². The van der Waals surface area contributed by atoms with E-state index < -0.39 is 0 Å². The van der Waals surface area contributed by atoms with Gasteiger partial charge in [-0.3, -0.25) is 0 Å². The van der Waals surface area contributed by atoms with Gasteiger partial charge in [-0.2, -0.15) is 0 Å². The van der Waals surface area contributed by atoms with Crippen LogP contribution in [0.1, 0.15) is 32.3 Å². The van der Waals surface area contributed by atoms with Crippen LogP contribution in [-0.2, 0) is 6.42 Å². The Morgan fingerprint density at radius 3 is 3.07 bits per heavy atom. The van der Waals surface area contributed by atoms with Gasteiger partial charge in [-0.1, -0.05) is 20.3 Å². The van der Waals surface area contributed by atoms with Gasteiger partial charge in [0.1, 0.15) is 17.7 Å². The molecule has 0 fully saturated rings. The standard InChI is InChI=1S/C13H17FO/c1-3-9(2)12-6-4-10-8-11(14)5-7-13(10)15-12/h5,7-9,12H,3-4,6H2,1-2H3. The maximum Gasteiger partial charge on any atom is 0.123 e. The van der Waals surface area contributed by atoms with E-state index in [0.717, 1.165) is 30.6 Å². The van der Waals surface area contributed by atoms with Crippen molar-refractivity contribution < 1.29 is 9.13 Å². The number of benzene rings is 1. The fraction of sp³-hybridized carbons (Fsp3) is 0.538. The van der Waals surface area contributed by atoms with Crippen LogP contribution in [-0.4, -0.2) is 6.10 Å². The normalized spacial score (nSPS) is 21.7. The topological polar surface area (TPSA) is 9.23 Å². The van der Waals surface area contributed by atoms with Crippen LogP contribution in [0, 0.1) is 11.7 Å². The van der Waals surface area contributed by atoms with Crippen molar-refractivity contribution in [2.24, 2.45) is 5.92 Å². The third kappa shape index (κ3) is 2.14. The lowest BCUT2D eigenvalue weighted by atomic mass is 9.93. The van der Waals surface area contributed by atoms with Crippen molar-refractivity contribution in [3.8, 4) is 5.75 Å². The zero-order valence-electron chi connectivity index (χ0n) is 9.29. The molecule has 0 bridgehead atoms. The highest BCUT2D eigenvalue weighted by molar-refractivity contribution is 5.35. The Labute approximate surface area is 90.3 Å². The minimum Gasteiger partial charge on any atom is -0.490 e. The molecule has 0 spiro atoms. The van der Waals surface area contributed by atoms with Crippen molar-refractivity contribution in [3.05, 3.63) is 29.6 Å². The lowest BCUT2D eigenvalue weighted by Crippen LogP contribution is -2.29. The molecular weight excluding hydrogens is 191 g/mol. The first-order chi connectivity index (χ1) is 7.20. The molecule has 0 N–H and O–H groups in total. The van der Waals surface area contributed by atoms with Gasteiger partial charge in [-0.05, 0) is 42.5 Å². The molecule has 0 saturated carbocycles. The average molecular weight is 208 g/mol. The summed E-state index contributed by atoms with van der Waals surface area (Å²) in [5.74, 6) is 1.27. The largest absolute Gasteiger partial charge is 0.490 e. The van der Waals surface area contributed by atoms with Crippen LogP contribution in [0.25, 0.3) is 0 Å². The van der Waals surface area contributed by atoms with Crippen LogP contribution in [0.4, 0.5) is 4.39 Å². The molecule has 1 heterocycles. The molecule has 0 aromatic heterocycles. The SMILES string of the molecule is CCC(C)C1CCc2cc(F)ccc2O1. The second-order valence-corrected chi connectivity index (χ2v) is 4.33. The van der Waals surface area contributed by atoms with E-state index in [1.807, 2.05) is 0 Å². The van der Waals surface area contributed by atoms with E-state index in [9.17, 15) is 4.39 Å². The van der Waals surface area contributed by atoms with Crippen LogP contribution in [0.2, 0.25) is 0 Å².